The third-order valence-corrected chi connectivity index (χ3v) is 4.07. The fourth-order valence-electron chi connectivity index (χ4n) is 2.74. The number of amides is 1. The molecule has 4 heteroatoms. The molecule has 0 bridgehead atoms. The van der Waals surface area contributed by atoms with Crippen molar-refractivity contribution < 1.29 is 14.6 Å². The second-order valence-corrected chi connectivity index (χ2v) is 5.53. The van der Waals surface area contributed by atoms with Gasteiger partial charge in [0, 0.05) is 5.69 Å². The first-order chi connectivity index (χ1) is 10.4. The van der Waals surface area contributed by atoms with Gasteiger partial charge in [-0.25, -0.2) is 0 Å². The van der Waals surface area contributed by atoms with E-state index in [-0.39, 0.29) is 17.9 Å². The van der Waals surface area contributed by atoms with Crippen molar-refractivity contribution in [1.82, 2.24) is 0 Å². The molecule has 116 valence electrons. The average Bonchev–Trinajstić information content (AvgIpc) is 2.51. The molecule has 22 heavy (non-hydrogen) atoms. The van der Waals surface area contributed by atoms with Crippen molar-refractivity contribution >= 4 is 11.6 Å². The van der Waals surface area contributed by atoms with Crippen LogP contribution in [0.1, 0.15) is 13.8 Å². The minimum absolute atomic E-state index is 0.0569. The maximum atomic E-state index is 12.5. The van der Waals surface area contributed by atoms with Crippen LogP contribution in [0.25, 0.3) is 0 Å². The molecule has 3 atom stereocenters. The molecule has 0 unspecified atom stereocenters. The lowest BCUT2D eigenvalue weighted by atomic mass is 9.77. The van der Waals surface area contributed by atoms with E-state index in [0.29, 0.717) is 11.3 Å². The molecular formula is C18H21NO3. The van der Waals surface area contributed by atoms with Gasteiger partial charge in [-0.1, -0.05) is 18.7 Å². The Morgan fingerprint density at radius 3 is 2.41 bits per heavy atom. The Balaban J connectivity index is 2.37. The van der Waals surface area contributed by atoms with Crippen molar-refractivity contribution in [3.8, 4) is 5.75 Å². The van der Waals surface area contributed by atoms with Gasteiger partial charge in [-0.05, 0) is 43.7 Å². The van der Waals surface area contributed by atoms with E-state index in [1.54, 1.807) is 50.1 Å². The summed E-state index contributed by atoms with van der Waals surface area (Å²) in [7, 11) is 1.59. The zero-order valence-electron chi connectivity index (χ0n) is 13.2. The first kappa shape index (κ1) is 16.1. The number of hydrogen-bond acceptors (Lipinski definition) is 3. The monoisotopic (exact) mass is 299 g/mol. The van der Waals surface area contributed by atoms with Crippen molar-refractivity contribution in [3.05, 3.63) is 54.3 Å². The number of aliphatic hydroxyl groups excluding tert-OH is 1. The Hall–Kier alpha value is -2.29. The van der Waals surface area contributed by atoms with Gasteiger partial charge >= 0.3 is 0 Å². The van der Waals surface area contributed by atoms with Crippen LogP contribution in [0.5, 0.6) is 5.75 Å². The number of anilines is 1. The maximum absolute atomic E-state index is 12.5. The highest BCUT2D eigenvalue weighted by Gasteiger charge is 2.52. The van der Waals surface area contributed by atoms with Crippen LogP contribution in [-0.4, -0.2) is 30.3 Å². The van der Waals surface area contributed by atoms with Gasteiger partial charge in [-0.2, -0.15) is 0 Å². The summed E-state index contributed by atoms with van der Waals surface area (Å²) >= 11 is 0. The number of β-lactam (4-membered cyclic amide) rings is 1. The number of nitrogens with zero attached hydrogens (tertiary/aromatic N) is 1. The number of ether oxygens (including phenoxy) is 1. The van der Waals surface area contributed by atoms with Crippen molar-refractivity contribution in [2.75, 3.05) is 12.0 Å². The molecule has 0 saturated carbocycles. The zero-order valence-corrected chi connectivity index (χ0v) is 13.2. The second kappa shape index (κ2) is 6.22. The molecule has 1 aromatic carbocycles. The summed E-state index contributed by atoms with van der Waals surface area (Å²) < 4.78 is 5.13. The van der Waals surface area contributed by atoms with E-state index in [2.05, 4.69) is 18.9 Å². The van der Waals surface area contributed by atoms with E-state index < -0.39 is 6.10 Å². The van der Waals surface area contributed by atoms with Crippen molar-refractivity contribution in [2.24, 2.45) is 5.92 Å². The maximum Gasteiger partial charge on any atom is 0.236 e. The molecule has 0 radical (unpaired) electrons. The van der Waals surface area contributed by atoms with Crippen molar-refractivity contribution in [3.63, 3.8) is 0 Å². The van der Waals surface area contributed by atoms with E-state index >= 15 is 0 Å². The molecular weight excluding hydrogens is 278 g/mol. The first-order valence-corrected chi connectivity index (χ1v) is 7.09. The molecule has 4 nitrogen and oxygen atoms in total. The van der Waals surface area contributed by atoms with E-state index in [9.17, 15) is 9.90 Å². The molecule has 1 fully saturated rings. The highest BCUT2D eigenvalue weighted by molar-refractivity contribution is 6.05. The Morgan fingerprint density at radius 2 is 1.95 bits per heavy atom. The number of rotatable bonds is 5. The van der Waals surface area contributed by atoms with Crippen LogP contribution < -0.4 is 9.64 Å². The number of carbonyl (C=O) groups excluding carboxylic acids is 1. The molecule has 0 spiro atoms. The van der Waals surface area contributed by atoms with E-state index in [1.165, 1.54) is 0 Å². The van der Waals surface area contributed by atoms with E-state index in [1.807, 2.05) is 0 Å². The van der Waals surface area contributed by atoms with E-state index in [4.69, 9.17) is 4.74 Å². The number of aliphatic hydroxyl groups is 1. The predicted molar refractivity (Wildman–Crippen MR) is 86.9 cm³/mol. The summed E-state index contributed by atoms with van der Waals surface area (Å²) in [5.41, 5.74) is 4.79. The largest absolute Gasteiger partial charge is 0.497 e. The Labute approximate surface area is 131 Å². The Morgan fingerprint density at radius 1 is 1.36 bits per heavy atom. The van der Waals surface area contributed by atoms with Crippen LogP contribution in [0.15, 0.2) is 54.3 Å². The van der Waals surface area contributed by atoms with Gasteiger partial charge < -0.3 is 14.7 Å². The third-order valence-electron chi connectivity index (χ3n) is 4.07. The summed E-state index contributed by atoms with van der Waals surface area (Å²) in [5, 5.41) is 10.5. The van der Waals surface area contributed by atoms with Gasteiger partial charge in [-0.3, -0.25) is 4.79 Å². The SMILES string of the molecule is C=C=C(C)[C@@H](O)[C@@H]1[C@H](C(=C)C)C(=O)N1c1ccc(OC)cc1. The fourth-order valence-corrected chi connectivity index (χ4v) is 2.74. The highest BCUT2D eigenvalue weighted by atomic mass is 16.5. The summed E-state index contributed by atoms with van der Waals surface area (Å²) in [6, 6.07) is 6.80. The average molecular weight is 299 g/mol. The number of methoxy groups -OCH3 is 1. The minimum atomic E-state index is -0.820. The molecule has 2 rings (SSSR count). The molecule has 1 heterocycles. The molecule has 1 aromatic rings. The van der Waals surface area contributed by atoms with Crippen molar-refractivity contribution in [1.29, 1.82) is 0 Å². The lowest BCUT2D eigenvalue weighted by Gasteiger charge is -2.49. The van der Waals surface area contributed by atoms with Crippen LogP contribution in [-0.2, 0) is 4.79 Å². The number of hydrogen-bond donors (Lipinski definition) is 1. The van der Waals surface area contributed by atoms with Gasteiger partial charge in [0.05, 0.1) is 19.1 Å². The normalized spacial score (nSPS) is 21.6. The quantitative estimate of drug-likeness (QED) is 0.516. The molecule has 1 aliphatic rings. The summed E-state index contributed by atoms with van der Waals surface area (Å²) in [5.74, 6) is 0.270. The zero-order chi connectivity index (χ0) is 16.4. The van der Waals surface area contributed by atoms with Crippen LogP contribution >= 0.6 is 0 Å². The molecule has 0 aromatic heterocycles. The summed E-state index contributed by atoms with van der Waals surface area (Å²) in [4.78, 5) is 14.1. The van der Waals surface area contributed by atoms with Crippen LogP contribution in [0.2, 0.25) is 0 Å². The lowest BCUT2D eigenvalue weighted by molar-refractivity contribution is -0.130. The van der Waals surface area contributed by atoms with Gasteiger partial charge in [0.1, 0.15) is 11.9 Å². The van der Waals surface area contributed by atoms with Crippen LogP contribution in [0.4, 0.5) is 5.69 Å². The van der Waals surface area contributed by atoms with Gasteiger partial charge in [0.2, 0.25) is 5.91 Å². The smallest absolute Gasteiger partial charge is 0.236 e. The highest BCUT2D eigenvalue weighted by Crippen LogP contribution is 2.39. The first-order valence-electron chi connectivity index (χ1n) is 7.09. The molecule has 1 amide bonds. The Kier molecular flexibility index (Phi) is 4.55. The van der Waals surface area contributed by atoms with Crippen molar-refractivity contribution in [2.45, 2.75) is 26.0 Å². The summed E-state index contributed by atoms with van der Waals surface area (Å²) in [6.07, 6.45) is -0.820. The lowest BCUT2D eigenvalue weighted by Crippen LogP contribution is -2.66. The number of benzene rings is 1. The predicted octanol–water partition coefficient (Wildman–Crippen LogP) is 2.69. The summed E-state index contributed by atoms with van der Waals surface area (Å²) in [6.45, 7) is 11.0. The van der Waals surface area contributed by atoms with Gasteiger partial charge in [0.25, 0.3) is 0 Å². The molecule has 1 N–H and O–H groups in total. The number of carbonyl (C=O) groups is 1. The molecule has 1 saturated heterocycles. The van der Waals surface area contributed by atoms with Crippen LogP contribution in [0.3, 0.4) is 0 Å². The fraction of sp³-hybridized carbons (Fsp3) is 0.333. The van der Waals surface area contributed by atoms with Gasteiger partial charge in [0.15, 0.2) is 0 Å². The van der Waals surface area contributed by atoms with Crippen LogP contribution in [0, 0.1) is 5.92 Å². The molecule has 1 aliphatic heterocycles. The topological polar surface area (TPSA) is 49.8 Å². The standard InChI is InChI=1S/C18H21NO3/c1-6-12(4)17(20)16-15(11(2)3)18(21)19(16)13-7-9-14(22-5)10-8-13/h7-10,15-17,20H,1-2H2,3-5H3/t15-,16-,17+/m0/s1. The second-order valence-electron chi connectivity index (χ2n) is 5.53. The molecule has 0 aliphatic carbocycles. The minimum Gasteiger partial charge on any atom is -0.497 e. The third kappa shape index (κ3) is 2.59. The van der Waals surface area contributed by atoms with Gasteiger partial charge in [-0.15, -0.1) is 5.73 Å². The van der Waals surface area contributed by atoms with E-state index in [0.717, 1.165) is 11.3 Å². The Bertz CT molecular complexity index is 641.